The molecule has 112 valence electrons. The molecule has 3 nitrogen and oxygen atoms in total. The van der Waals surface area contributed by atoms with Crippen molar-refractivity contribution in [1.82, 2.24) is 9.80 Å². The van der Waals surface area contributed by atoms with Gasteiger partial charge in [0.05, 0.1) is 10.6 Å². The maximum Gasteiger partial charge on any atom is 0.146 e. The van der Waals surface area contributed by atoms with Gasteiger partial charge in [0, 0.05) is 44.8 Å². The number of piperazine rings is 1. The van der Waals surface area contributed by atoms with Crippen molar-refractivity contribution < 1.29 is 9.50 Å². The number of nitrogens with zero attached hydrogens (tertiary/aromatic N) is 2. The van der Waals surface area contributed by atoms with E-state index in [2.05, 4.69) is 9.80 Å². The van der Waals surface area contributed by atoms with Crippen LogP contribution in [0.4, 0.5) is 4.39 Å². The number of rotatable bonds is 4. The molecule has 1 saturated heterocycles. The summed E-state index contributed by atoms with van der Waals surface area (Å²) in [7, 11) is 0. The molecule has 0 radical (unpaired) electrons. The van der Waals surface area contributed by atoms with Gasteiger partial charge >= 0.3 is 0 Å². The Morgan fingerprint density at radius 3 is 2.40 bits per heavy atom. The minimum absolute atomic E-state index is 0.183. The predicted molar refractivity (Wildman–Crippen MR) is 79.4 cm³/mol. The molecule has 0 bridgehead atoms. The standard InChI is InChI=1S/C15H22ClFN2O/c1-15(2,20)11-19-8-6-18(7-9-19)10-12-4-3-5-13(16)14(12)17/h3-5,20H,6-11H2,1-2H3. The van der Waals surface area contributed by atoms with Crippen LogP contribution in [-0.2, 0) is 6.54 Å². The van der Waals surface area contributed by atoms with E-state index in [0.717, 1.165) is 26.2 Å². The van der Waals surface area contributed by atoms with Crippen LogP contribution in [0.25, 0.3) is 0 Å². The number of β-amino-alcohol motifs (C(OH)–C–C–N with tert-alkyl or cyclic N) is 1. The molecule has 0 spiro atoms. The molecular formula is C15H22ClFN2O. The third-order valence-electron chi connectivity index (χ3n) is 3.50. The highest BCUT2D eigenvalue weighted by Crippen LogP contribution is 2.20. The van der Waals surface area contributed by atoms with E-state index in [0.29, 0.717) is 18.7 Å². The number of benzene rings is 1. The zero-order chi connectivity index (χ0) is 14.8. The van der Waals surface area contributed by atoms with E-state index in [1.54, 1.807) is 18.2 Å². The first kappa shape index (κ1) is 15.7. The lowest BCUT2D eigenvalue weighted by Gasteiger charge is -2.37. The second-order valence-electron chi connectivity index (χ2n) is 6.08. The maximum absolute atomic E-state index is 13.9. The smallest absolute Gasteiger partial charge is 0.146 e. The lowest BCUT2D eigenvalue weighted by Crippen LogP contribution is -2.50. The second-order valence-corrected chi connectivity index (χ2v) is 6.48. The van der Waals surface area contributed by atoms with Crippen LogP contribution in [0, 0.1) is 5.82 Å². The zero-order valence-corrected chi connectivity index (χ0v) is 12.8. The summed E-state index contributed by atoms with van der Waals surface area (Å²) < 4.78 is 13.9. The summed E-state index contributed by atoms with van der Waals surface area (Å²) in [4.78, 5) is 4.46. The largest absolute Gasteiger partial charge is 0.389 e. The Labute approximate surface area is 124 Å². The lowest BCUT2D eigenvalue weighted by molar-refractivity contribution is 0.0165. The van der Waals surface area contributed by atoms with Crippen molar-refractivity contribution in [3.63, 3.8) is 0 Å². The first-order chi connectivity index (χ1) is 9.35. The molecule has 1 heterocycles. The number of halogens is 2. The van der Waals surface area contributed by atoms with Gasteiger partial charge in [0.25, 0.3) is 0 Å². The number of aliphatic hydroxyl groups is 1. The number of hydrogen-bond acceptors (Lipinski definition) is 3. The average Bonchev–Trinajstić information content (AvgIpc) is 2.35. The van der Waals surface area contributed by atoms with Crippen LogP contribution < -0.4 is 0 Å². The van der Waals surface area contributed by atoms with E-state index < -0.39 is 5.60 Å². The predicted octanol–water partition coefficient (Wildman–Crippen LogP) is 2.37. The fraction of sp³-hybridized carbons (Fsp3) is 0.600. The minimum atomic E-state index is -0.665. The Morgan fingerprint density at radius 1 is 1.20 bits per heavy atom. The van der Waals surface area contributed by atoms with Crippen LogP contribution in [0.5, 0.6) is 0 Å². The monoisotopic (exact) mass is 300 g/mol. The van der Waals surface area contributed by atoms with E-state index in [1.165, 1.54) is 0 Å². The van der Waals surface area contributed by atoms with Crippen molar-refractivity contribution in [3.8, 4) is 0 Å². The Bertz CT molecular complexity index is 454. The molecule has 5 heteroatoms. The highest BCUT2D eigenvalue weighted by atomic mass is 35.5. The van der Waals surface area contributed by atoms with E-state index in [1.807, 2.05) is 13.8 Å². The van der Waals surface area contributed by atoms with E-state index in [9.17, 15) is 9.50 Å². The average molecular weight is 301 g/mol. The molecule has 0 aliphatic carbocycles. The zero-order valence-electron chi connectivity index (χ0n) is 12.1. The van der Waals surface area contributed by atoms with Crippen molar-refractivity contribution in [1.29, 1.82) is 0 Å². The molecule has 1 N–H and O–H groups in total. The third-order valence-corrected chi connectivity index (χ3v) is 3.79. The van der Waals surface area contributed by atoms with Crippen molar-refractivity contribution >= 4 is 11.6 Å². The second kappa shape index (κ2) is 6.39. The molecule has 2 rings (SSSR count). The van der Waals surface area contributed by atoms with Crippen LogP contribution in [-0.4, -0.2) is 53.2 Å². The maximum atomic E-state index is 13.9. The number of hydrogen-bond donors (Lipinski definition) is 1. The van der Waals surface area contributed by atoms with Gasteiger partial charge in [0.1, 0.15) is 5.82 Å². The fourth-order valence-corrected chi connectivity index (χ4v) is 2.76. The summed E-state index contributed by atoms with van der Waals surface area (Å²) >= 11 is 5.80. The molecule has 1 aliphatic heterocycles. The van der Waals surface area contributed by atoms with Gasteiger partial charge in [-0.25, -0.2) is 4.39 Å². The van der Waals surface area contributed by atoms with E-state index in [4.69, 9.17) is 11.6 Å². The normalized spacial score (nSPS) is 18.4. The van der Waals surface area contributed by atoms with Crippen molar-refractivity contribution in [2.24, 2.45) is 0 Å². The van der Waals surface area contributed by atoms with Gasteiger partial charge in [0.2, 0.25) is 0 Å². The van der Waals surface area contributed by atoms with Gasteiger partial charge in [-0.2, -0.15) is 0 Å². The van der Waals surface area contributed by atoms with Gasteiger partial charge in [0.15, 0.2) is 0 Å². The topological polar surface area (TPSA) is 26.7 Å². The lowest BCUT2D eigenvalue weighted by atomic mass is 10.1. The fourth-order valence-electron chi connectivity index (χ4n) is 2.56. The highest BCUT2D eigenvalue weighted by molar-refractivity contribution is 6.30. The summed E-state index contributed by atoms with van der Waals surface area (Å²) in [5.74, 6) is -0.312. The summed E-state index contributed by atoms with van der Waals surface area (Å²) in [6, 6.07) is 5.14. The first-order valence-corrected chi connectivity index (χ1v) is 7.33. The molecule has 1 fully saturated rings. The van der Waals surface area contributed by atoms with Gasteiger partial charge in [-0.1, -0.05) is 23.7 Å². The van der Waals surface area contributed by atoms with Gasteiger partial charge < -0.3 is 5.11 Å². The SMILES string of the molecule is CC(C)(O)CN1CCN(Cc2cccc(Cl)c2F)CC1. The van der Waals surface area contributed by atoms with Gasteiger partial charge in [-0.3, -0.25) is 9.80 Å². The molecule has 0 aromatic heterocycles. The summed E-state index contributed by atoms with van der Waals surface area (Å²) in [6.45, 7) is 8.44. The molecule has 0 atom stereocenters. The van der Waals surface area contributed by atoms with E-state index >= 15 is 0 Å². The summed E-state index contributed by atoms with van der Waals surface area (Å²) in [5, 5.41) is 10.0. The Morgan fingerprint density at radius 2 is 1.80 bits per heavy atom. The molecule has 1 aromatic rings. The third kappa shape index (κ3) is 4.42. The van der Waals surface area contributed by atoms with Crippen LogP contribution >= 0.6 is 11.6 Å². The molecule has 0 amide bonds. The van der Waals surface area contributed by atoms with Crippen LogP contribution in [0.1, 0.15) is 19.4 Å². The van der Waals surface area contributed by atoms with Gasteiger partial charge in [-0.15, -0.1) is 0 Å². The Kier molecular flexibility index (Phi) is 5.02. The van der Waals surface area contributed by atoms with Crippen molar-refractivity contribution in [2.45, 2.75) is 26.0 Å². The Balaban J connectivity index is 1.87. The quantitative estimate of drug-likeness (QED) is 0.925. The minimum Gasteiger partial charge on any atom is -0.389 e. The molecule has 20 heavy (non-hydrogen) atoms. The van der Waals surface area contributed by atoms with E-state index in [-0.39, 0.29) is 10.8 Å². The molecule has 0 unspecified atom stereocenters. The van der Waals surface area contributed by atoms with Crippen LogP contribution in [0.3, 0.4) is 0 Å². The van der Waals surface area contributed by atoms with Crippen LogP contribution in [0.2, 0.25) is 5.02 Å². The molecule has 0 saturated carbocycles. The highest BCUT2D eigenvalue weighted by Gasteiger charge is 2.23. The first-order valence-electron chi connectivity index (χ1n) is 6.95. The Hall–Kier alpha value is -0.680. The molecule has 1 aromatic carbocycles. The van der Waals surface area contributed by atoms with Crippen molar-refractivity contribution in [3.05, 3.63) is 34.6 Å². The molecular weight excluding hydrogens is 279 g/mol. The summed E-state index contributed by atoms with van der Waals surface area (Å²) in [6.07, 6.45) is 0. The molecule has 1 aliphatic rings. The van der Waals surface area contributed by atoms with Gasteiger partial charge in [-0.05, 0) is 19.9 Å². The van der Waals surface area contributed by atoms with Crippen LogP contribution in [0.15, 0.2) is 18.2 Å². The summed E-state index contributed by atoms with van der Waals surface area (Å²) in [5.41, 5.74) is -0.0187. The van der Waals surface area contributed by atoms with Crippen molar-refractivity contribution in [2.75, 3.05) is 32.7 Å².